The third kappa shape index (κ3) is 13.7. The van der Waals surface area contributed by atoms with Crippen molar-refractivity contribution in [3.63, 3.8) is 0 Å². The second-order valence-corrected chi connectivity index (χ2v) is 10.1. The zero-order valence-corrected chi connectivity index (χ0v) is 25.9. The Morgan fingerprint density at radius 1 is 0.824 bits per heavy atom. The van der Waals surface area contributed by atoms with E-state index in [-0.39, 0.29) is 0 Å². The third-order valence-corrected chi connectivity index (χ3v) is 6.40. The molecule has 13 nitrogen and oxygen atoms in total. The third-order valence-electron chi connectivity index (χ3n) is 6.40. The van der Waals surface area contributed by atoms with Gasteiger partial charge in [-0.15, -0.1) is 0 Å². The number of carbonyl (C=O) groups is 3. The fraction of sp³-hybridized carbons (Fsp3) is 0.345. The minimum Gasteiger partial charge on any atom is -0.481 e. The maximum atomic E-state index is 10.6. The fourth-order valence-corrected chi connectivity index (χ4v) is 4.17. The van der Waals surface area contributed by atoms with Gasteiger partial charge in [-0.1, -0.05) is 6.07 Å². The monoisotopic (exact) mass is 742 g/mol. The summed E-state index contributed by atoms with van der Waals surface area (Å²) in [4.78, 5) is 42.4. The van der Waals surface area contributed by atoms with Crippen molar-refractivity contribution in [3.05, 3.63) is 72.6 Å². The van der Waals surface area contributed by atoms with Crippen molar-refractivity contribution in [2.45, 2.75) is 43.8 Å². The molecule has 0 bridgehead atoms. The zero-order valence-electron chi connectivity index (χ0n) is 25.9. The number of methoxy groups -OCH3 is 1. The highest BCUT2D eigenvalue weighted by atomic mass is 19.4. The van der Waals surface area contributed by atoms with E-state index in [1.165, 1.54) is 0 Å². The summed E-state index contributed by atoms with van der Waals surface area (Å²) in [5.41, 5.74) is 4.23. The Kier molecular flexibility index (Phi) is 14.6. The van der Waals surface area contributed by atoms with E-state index in [1.54, 1.807) is 25.7 Å². The molecular formula is C29H27F9N6O7. The fourth-order valence-electron chi connectivity index (χ4n) is 4.17. The van der Waals surface area contributed by atoms with Gasteiger partial charge in [-0.05, 0) is 55.3 Å². The van der Waals surface area contributed by atoms with E-state index in [4.69, 9.17) is 44.5 Å². The maximum Gasteiger partial charge on any atom is 0.490 e. The first-order valence-corrected chi connectivity index (χ1v) is 14.0. The van der Waals surface area contributed by atoms with Gasteiger partial charge in [0.05, 0.1) is 7.11 Å². The lowest BCUT2D eigenvalue weighted by Gasteiger charge is -2.31. The molecule has 278 valence electrons. The number of aromatic nitrogens is 5. The average molecular weight is 743 g/mol. The predicted octanol–water partition coefficient (Wildman–Crippen LogP) is 5.47. The van der Waals surface area contributed by atoms with Gasteiger partial charge in [-0.25, -0.2) is 28.9 Å². The van der Waals surface area contributed by atoms with E-state index < -0.39 is 36.4 Å². The molecular weight excluding hydrogens is 715 g/mol. The number of carboxylic acid groups (broad SMARTS) is 3. The van der Waals surface area contributed by atoms with E-state index >= 15 is 0 Å². The summed E-state index contributed by atoms with van der Waals surface area (Å²) in [5, 5.41) is 26.2. The van der Waals surface area contributed by atoms with Crippen LogP contribution in [0.25, 0.3) is 16.8 Å². The summed E-state index contributed by atoms with van der Waals surface area (Å²) in [6.07, 6.45) is -5.59. The van der Waals surface area contributed by atoms with Gasteiger partial charge in [-0.2, -0.15) is 44.6 Å². The van der Waals surface area contributed by atoms with E-state index in [0.717, 1.165) is 60.6 Å². The second-order valence-electron chi connectivity index (χ2n) is 10.1. The Morgan fingerprint density at radius 3 is 1.88 bits per heavy atom. The summed E-state index contributed by atoms with van der Waals surface area (Å²) >= 11 is 0. The van der Waals surface area contributed by atoms with Crippen molar-refractivity contribution in [3.8, 4) is 17.0 Å². The number of hydrogen-bond acceptors (Lipinski definition) is 9. The van der Waals surface area contributed by atoms with Crippen LogP contribution in [0, 0.1) is 0 Å². The highest BCUT2D eigenvalue weighted by molar-refractivity contribution is 5.73. The van der Waals surface area contributed by atoms with Crippen molar-refractivity contribution in [1.29, 1.82) is 0 Å². The van der Waals surface area contributed by atoms with Crippen molar-refractivity contribution < 1.29 is 74.0 Å². The van der Waals surface area contributed by atoms with Gasteiger partial charge < -0.3 is 20.1 Å². The van der Waals surface area contributed by atoms with Crippen LogP contribution in [0.4, 0.5) is 39.5 Å². The molecule has 3 N–H and O–H groups in total. The number of likely N-dealkylation sites (tertiary alicyclic amines) is 1. The van der Waals surface area contributed by atoms with Gasteiger partial charge in [0.2, 0.25) is 5.88 Å². The van der Waals surface area contributed by atoms with Crippen LogP contribution < -0.4 is 4.74 Å². The first kappa shape index (κ1) is 41.6. The average Bonchev–Trinajstić information content (AvgIpc) is 3.49. The quantitative estimate of drug-likeness (QED) is 0.220. The van der Waals surface area contributed by atoms with Crippen LogP contribution >= 0.6 is 0 Å². The van der Waals surface area contributed by atoms with Crippen LogP contribution in [0.5, 0.6) is 5.88 Å². The molecule has 1 aliphatic rings. The summed E-state index contributed by atoms with van der Waals surface area (Å²) in [6.45, 7) is 2.83. The van der Waals surface area contributed by atoms with Gasteiger partial charge in [0.15, 0.2) is 11.5 Å². The second kappa shape index (κ2) is 17.9. The summed E-state index contributed by atoms with van der Waals surface area (Å²) in [5.74, 6) is -6.32. The predicted molar refractivity (Wildman–Crippen MR) is 155 cm³/mol. The minimum absolute atomic E-state index is 0.325. The molecule has 0 spiro atoms. The van der Waals surface area contributed by atoms with Gasteiger partial charge in [-0.3, -0.25) is 9.88 Å². The Hall–Kier alpha value is -5.54. The van der Waals surface area contributed by atoms with Gasteiger partial charge in [0.1, 0.15) is 0 Å². The Labute approximate surface area is 280 Å². The van der Waals surface area contributed by atoms with E-state index in [1.807, 2.05) is 35.0 Å². The molecule has 1 unspecified atom stereocenters. The van der Waals surface area contributed by atoms with E-state index in [9.17, 15) is 39.5 Å². The Morgan fingerprint density at radius 2 is 1.37 bits per heavy atom. The van der Waals surface area contributed by atoms with E-state index in [2.05, 4.69) is 27.0 Å². The molecule has 0 amide bonds. The van der Waals surface area contributed by atoms with Crippen molar-refractivity contribution >= 4 is 23.6 Å². The lowest BCUT2D eigenvalue weighted by Crippen LogP contribution is -2.34. The Bertz CT molecular complexity index is 1690. The maximum absolute atomic E-state index is 10.6. The molecule has 0 aromatic carbocycles. The topological polar surface area (TPSA) is 180 Å². The molecule has 1 aliphatic heterocycles. The number of rotatable bonds is 5. The number of nitrogens with zero attached hydrogens (tertiary/aromatic N) is 6. The van der Waals surface area contributed by atoms with Crippen LogP contribution in [0.2, 0.25) is 0 Å². The number of piperidine rings is 1. The van der Waals surface area contributed by atoms with Crippen LogP contribution in [-0.4, -0.2) is 101 Å². The molecule has 0 radical (unpaired) electrons. The molecule has 22 heteroatoms. The van der Waals surface area contributed by atoms with Gasteiger partial charge >= 0.3 is 36.4 Å². The zero-order chi connectivity index (χ0) is 38.6. The first-order valence-electron chi connectivity index (χ1n) is 14.0. The number of hydrogen-bond donors (Lipinski definition) is 3. The summed E-state index contributed by atoms with van der Waals surface area (Å²) in [7, 11) is 1.67. The smallest absolute Gasteiger partial charge is 0.481 e. The Balaban J connectivity index is 0.000000352. The number of fused-ring (bicyclic) bond motifs is 1. The van der Waals surface area contributed by atoms with Crippen LogP contribution in [0.15, 0.2) is 61.2 Å². The molecule has 5 heterocycles. The molecule has 5 rings (SSSR count). The summed E-state index contributed by atoms with van der Waals surface area (Å²) < 4.78 is 103. The first-order chi connectivity index (χ1) is 23.6. The number of aliphatic carboxylic acids is 3. The normalized spacial score (nSPS) is 14.8. The number of halogens is 9. The minimum atomic E-state index is -5.08. The molecule has 0 saturated carbocycles. The SMILES string of the molecule is COc1ncccc1CN1CCCC(c2nc3ccc(-c4ccncc4)cn3n2)C1.O=C(O)C(F)(F)F.O=C(O)C(F)(F)F.O=C(O)C(F)(F)F. The largest absolute Gasteiger partial charge is 0.490 e. The lowest BCUT2D eigenvalue weighted by atomic mass is 9.97. The number of carboxylic acids is 3. The molecule has 1 saturated heterocycles. The van der Waals surface area contributed by atoms with Crippen molar-refractivity contribution in [1.82, 2.24) is 29.5 Å². The molecule has 4 aromatic heterocycles. The van der Waals surface area contributed by atoms with Gasteiger partial charge in [0.25, 0.3) is 0 Å². The van der Waals surface area contributed by atoms with Crippen LogP contribution in [0.1, 0.15) is 30.1 Å². The number of alkyl halides is 9. The number of pyridine rings is 3. The standard InChI is InChI=1S/C23H24N6O.3C2HF3O2/c1-30-23-20(4-2-10-25-23)15-28-13-3-5-19(14-28)22-26-21-7-6-18(16-29(21)27-22)17-8-11-24-12-9-17;3*3-2(4,5)1(6)7/h2,4,6-12,16,19H,3,5,13-15H2,1H3;3*(H,6,7). The van der Waals surface area contributed by atoms with Crippen molar-refractivity contribution in [2.75, 3.05) is 20.2 Å². The van der Waals surface area contributed by atoms with Crippen LogP contribution in [0.3, 0.4) is 0 Å². The highest BCUT2D eigenvalue weighted by Gasteiger charge is 2.39. The lowest BCUT2D eigenvalue weighted by molar-refractivity contribution is -0.193. The van der Waals surface area contributed by atoms with E-state index in [0.29, 0.717) is 11.8 Å². The molecule has 51 heavy (non-hydrogen) atoms. The van der Waals surface area contributed by atoms with Gasteiger partial charge in [0, 0.05) is 54.9 Å². The summed E-state index contributed by atoms with van der Waals surface area (Å²) in [6, 6.07) is 12.2. The molecule has 1 fully saturated rings. The van der Waals surface area contributed by atoms with Crippen molar-refractivity contribution in [2.24, 2.45) is 0 Å². The molecule has 0 aliphatic carbocycles. The highest BCUT2D eigenvalue weighted by Crippen LogP contribution is 2.28. The number of ether oxygens (including phenoxy) is 1. The van der Waals surface area contributed by atoms with Crippen LogP contribution in [-0.2, 0) is 20.9 Å². The molecule has 4 aromatic rings. The molecule has 1 atom stereocenters.